The molecule has 0 saturated heterocycles. The van der Waals surface area contributed by atoms with Crippen molar-refractivity contribution in [2.24, 2.45) is 0 Å². The van der Waals surface area contributed by atoms with Crippen molar-refractivity contribution in [3.05, 3.63) is 75.4 Å². The number of hydrogen-bond donors (Lipinski definition) is 1. The molecule has 0 saturated carbocycles. The summed E-state index contributed by atoms with van der Waals surface area (Å²) < 4.78 is 2.81. The van der Waals surface area contributed by atoms with Crippen LogP contribution in [-0.2, 0) is 11.5 Å². The first-order valence-electron chi connectivity index (χ1n) is 7.94. The fourth-order valence-electron chi connectivity index (χ4n) is 2.87. The molecule has 0 aliphatic carbocycles. The number of hydrogen-bond acceptors (Lipinski definition) is 3. The molecule has 0 bridgehead atoms. The topological polar surface area (TPSA) is 46.9 Å². The number of nitrogens with zero attached hydrogens (tertiary/aromatic N) is 2. The second kappa shape index (κ2) is 6.69. The molecule has 25 heavy (non-hydrogen) atoms. The summed E-state index contributed by atoms with van der Waals surface area (Å²) in [6.07, 6.45) is 0. The van der Waals surface area contributed by atoms with E-state index in [2.05, 4.69) is 40.3 Å². The summed E-state index contributed by atoms with van der Waals surface area (Å²) in [5, 5.41) is 7.81. The van der Waals surface area contributed by atoms with Gasteiger partial charge in [0.1, 0.15) is 5.82 Å². The van der Waals surface area contributed by atoms with Crippen LogP contribution < -0.4 is 5.32 Å². The Hall–Kier alpha value is -2.05. The maximum atomic E-state index is 12.7. The predicted octanol–water partition coefficient (Wildman–Crippen LogP) is 4.94. The molecule has 1 aromatic heterocycles. The van der Waals surface area contributed by atoms with Crippen LogP contribution in [0.3, 0.4) is 0 Å². The van der Waals surface area contributed by atoms with Crippen molar-refractivity contribution in [3.8, 4) is 5.69 Å². The minimum atomic E-state index is -0.124. The number of thioether (sulfide) groups is 1. The fourth-order valence-corrected chi connectivity index (χ4v) is 4.17. The molecule has 126 valence electrons. The van der Waals surface area contributed by atoms with Crippen molar-refractivity contribution < 1.29 is 4.79 Å². The van der Waals surface area contributed by atoms with E-state index in [9.17, 15) is 4.79 Å². The summed E-state index contributed by atoms with van der Waals surface area (Å²) in [7, 11) is 0. The SMILES string of the molecule is Cc1cccc(-n2nc3c(c2NC(=O)c2ccc(Br)cc2)CSC3)c1. The van der Waals surface area contributed by atoms with Gasteiger partial charge in [-0.05, 0) is 48.9 Å². The van der Waals surface area contributed by atoms with Crippen LogP contribution in [0, 0.1) is 6.92 Å². The summed E-state index contributed by atoms with van der Waals surface area (Å²) in [6.45, 7) is 2.05. The number of fused-ring (bicyclic) bond motifs is 1. The smallest absolute Gasteiger partial charge is 0.256 e. The van der Waals surface area contributed by atoms with Gasteiger partial charge in [-0.25, -0.2) is 4.68 Å². The van der Waals surface area contributed by atoms with Gasteiger partial charge in [-0.1, -0.05) is 28.1 Å². The highest BCUT2D eigenvalue weighted by molar-refractivity contribution is 9.10. The minimum absolute atomic E-state index is 0.124. The Labute approximate surface area is 158 Å². The molecule has 2 heterocycles. The molecule has 0 unspecified atom stereocenters. The Morgan fingerprint density at radius 1 is 1.20 bits per heavy atom. The first kappa shape index (κ1) is 16.4. The van der Waals surface area contributed by atoms with Gasteiger partial charge in [0.05, 0.1) is 11.4 Å². The van der Waals surface area contributed by atoms with Crippen molar-refractivity contribution in [2.75, 3.05) is 5.32 Å². The summed E-state index contributed by atoms with van der Waals surface area (Å²) in [5.41, 5.74) is 4.92. The molecule has 0 radical (unpaired) electrons. The van der Waals surface area contributed by atoms with Crippen LogP contribution in [0.25, 0.3) is 5.69 Å². The van der Waals surface area contributed by atoms with Gasteiger partial charge in [0, 0.05) is 27.1 Å². The molecule has 4 rings (SSSR count). The zero-order valence-corrected chi connectivity index (χ0v) is 16.0. The number of aryl methyl sites for hydroxylation is 1. The molecule has 1 amide bonds. The van der Waals surface area contributed by atoms with E-state index in [1.165, 1.54) is 0 Å². The molecule has 2 aromatic carbocycles. The standard InChI is InChI=1S/C19H16BrN3OS/c1-12-3-2-4-15(9-12)23-18(16-10-25-11-17(16)22-23)21-19(24)13-5-7-14(20)8-6-13/h2-9H,10-11H2,1H3,(H,21,24). The van der Waals surface area contributed by atoms with Crippen molar-refractivity contribution in [1.82, 2.24) is 9.78 Å². The number of aromatic nitrogens is 2. The number of anilines is 1. The average molecular weight is 414 g/mol. The Bertz CT molecular complexity index is 950. The van der Waals surface area contributed by atoms with E-state index in [0.29, 0.717) is 5.56 Å². The normalized spacial score (nSPS) is 12.9. The monoisotopic (exact) mass is 413 g/mol. The summed E-state index contributed by atoms with van der Waals surface area (Å²) in [6, 6.07) is 15.5. The molecule has 6 heteroatoms. The maximum absolute atomic E-state index is 12.7. The van der Waals surface area contributed by atoms with Crippen LogP contribution in [-0.4, -0.2) is 15.7 Å². The minimum Gasteiger partial charge on any atom is -0.306 e. The van der Waals surface area contributed by atoms with Crippen LogP contribution in [0.15, 0.2) is 53.0 Å². The Balaban J connectivity index is 1.73. The van der Waals surface area contributed by atoms with E-state index in [1.807, 2.05) is 52.8 Å². The highest BCUT2D eigenvalue weighted by Gasteiger charge is 2.25. The van der Waals surface area contributed by atoms with Gasteiger partial charge in [0.15, 0.2) is 0 Å². The summed E-state index contributed by atoms with van der Waals surface area (Å²) in [5.74, 6) is 2.41. The van der Waals surface area contributed by atoms with Gasteiger partial charge in [-0.3, -0.25) is 4.79 Å². The van der Waals surface area contributed by atoms with Crippen molar-refractivity contribution in [3.63, 3.8) is 0 Å². The number of carbonyl (C=O) groups is 1. The highest BCUT2D eigenvalue weighted by Crippen LogP contribution is 2.36. The lowest BCUT2D eigenvalue weighted by atomic mass is 10.2. The van der Waals surface area contributed by atoms with E-state index in [1.54, 1.807) is 0 Å². The van der Waals surface area contributed by atoms with Crippen molar-refractivity contribution in [2.45, 2.75) is 18.4 Å². The number of nitrogens with one attached hydrogen (secondary N) is 1. The van der Waals surface area contributed by atoms with Gasteiger partial charge in [0.2, 0.25) is 0 Å². The van der Waals surface area contributed by atoms with E-state index in [-0.39, 0.29) is 5.91 Å². The largest absolute Gasteiger partial charge is 0.306 e. The van der Waals surface area contributed by atoms with E-state index in [4.69, 9.17) is 5.10 Å². The van der Waals surface area contributed by atoms with Gasteiger partial charge in [0.25, 0.3) is 5.91 Å². The Kier molecular flexibility index (Phi) is 4.39. The molecular formula is C19H16BrN3OS. The summed E-state index contributed by atoms with van der Waals surface area (Å²) in [4.78, 5) is 12.7. The van der Waals surface area contributed by atoms with Gasteiger partial charge in [-0.2, -0.15) is 16.9 Å². The third kappa shape index (κ3) is 3.24. The van der Waals surface area contributed by atoms with Gasteiger partial charge < -0.3 is 5.32 Å². The van der Waals surface area contributed by atoms with Gasteiger partial charge in [-0.15, -0.1) is 0 Å². The quantitative estimate of drug-likeness (QED) is 0.660. The second-order valence-corrected chi connectivity index (χ2v) is 7.88. The fraction of sp³-hybridized carbons (Fsp3) is 0.158. The van der Waals surface area contributed by atoms with Crippen LogP contribution in [0.2, 0.25) is 0 Å². The summed E-state index contributed by atoms with van der Waals surface area (Å²) >= 11 is 5.22. The maximum Gasteiger partial charge on any atom is 0.256 e. The lowest BCUT2D eigenvalue weighted by Gasteiger charge is -2.11. The Morgan fingerprint density at radius 2 is 2.00 bits per heavy atom. The predicted molar refractivity (Wildman–Crippen MR) is 105 cm³/mol. The highest BCUT2D eigenvalue weighted by atomic mass is 79.9. The zero-order valence-electron chi connectivity index (χ0n) is 13.6. The number of halogens is 1. The number of benzene rings is 2. The molecule has 3 aromatic rings. The zero-order chi connectivity index (χ0) is 17.4. The van der Waals surface area contributed by atoms with Crippen molar-refractivity contribution in [1.29, 1.82) is 0 Å². The van der Waals surface area contributed by atoms with Crippen LogP contribution in [0.5, 0.6) is 0 Å². The van der Waals surface area contributed by atoms with E-state index >= 15 is 0 Å². The van der Waals surface area contributed by atoms with E-state index in [0.717, 1.165) is 44.3 Å². The molecule has 0 spiro atoms. The molecule has 4 nitrogen and oxygen atoms in total. The third-order valence-corrected chi connectivity index (χ3v) is 5.64. The first-order chi connectivity index (χ1) is 12.1. The Morgan fingerprint density at radius 3 is 2.76 bits per heavy atom. The third-order valence-electron chi connectivity index (χ3n) is 4.14. The molecule has 0 atom stereocenters. The number of carbonyl (C=O) groups excluding carboxylic acids is 1. The van der Waals surface area contributed by atoms with Crippen LogP contribution >= 0.6 is 27.7 Å². The second-order valence-electron chi connectivity index (χ2n) is 5.98. The number of amides is 1. The van der Waals surface area contributed by atoms with Crippen LogP contribution in [0.1, 0.15) is 27.2 Å². The molecule has 1 aliphatic rings. The molecule has 1 N–H and O–H groups in total. The van der Waals surface area contributed by atoms with Gasteiger partial charge >= 0.3 is 0 Å². The lowest BCUT2D eigenvalue weighted by molar-refractivity contribution is 0.102. The van der Waals surface area contributed by atoms with Crippen LogP contribution in [0.4, 0.5) is 5.82 Å². The lowest BCUT2D eigenvalue weighted by Crippen LogP contribution is -2.16. The first-order valence-corrected chi connectivity index (χ1v) is 9.89. The molecule has 1 aliphatic heterocycles. The molecular weight excluding hydrogens is 398 g/mol. The number of rotatable bonds is 3. The molecule has 0 fully saturated rings. The van der Waals surface area contributed by atoms with Crippen molar-refractivity contribution >= 4 is 39.4 Å². The average Bonchev–Trinajstić information content (AvgIpc) is 3.18. The van der Waals surface area contributed by atoms with E-state index < -0.39 is 0 Å².